The maximum Gasteiger partial charge on any atom is 0.252 e. The van der Waals surface area contributed by atoms with Crippen molar-refractivity contribution in [3.63, 3.8) is 0 Å². The van der Waals surface area contributed by atoms with E-state index in [-0.39, 0.29) is 29.9 Å². The Labute approximate surface area is 178 Å². The SMILES string of the molecule is CN=C(NCCNC(=O)c1cccnc1)NCCc1cc(C)cc(C)c1.I. The van der Waals surface area contributed by atoms with Gasteiger partial charge in [-0.05, 0) is 38.0 Å². The summed E-state index contributed by atoms with van der Waals surface area (Å²) in [5.41, 5.74) is 4.44. The maximum atomic E-state index is 11.9. The van der Waals surface area contributed by atoms with Gasteiger partial charge in [-0.1, -0.05) is 29.3 Å². The molecule has 0 saturated carbocycles. The van der Waals surface area contributed by atoms with Gasteiger partial charge in [0, 0.05) is 39.1 Å². The summed E-state index contributed by atoms with van der Waals surface area (Å²) in [5, 5.41) is 9.34. The molecule has 0 spiro atoms. The third-order valence-corrected chi connectivity index (χ3v) is 3.84. The van der Waals surface area contributed by atoms with Gasteiger partial charge in [0.15, 0.2) is 5.96 Å². The number of carbonyl (C=O) groups is 1. The highest BCUT2D eigenvalue weighted by atomic mass is 127. The molecule has 6 nitrogen and oxygen atoms in total. The minimum absolute atomic E-state index is 0. The van der Waals surface area contributed by atoms with Gasteiger partial charge in [-0.25, -0.2) is 0 Å². The van der Waals surface area contributed by atoms with Gasteiger partial charge in [-0.3, -0.25) is 14.8 Å². The second kappa shape index (κ2) is 12.3. The fraction of sp³-hybridized carbons (Fsp3) is 0.350. The molecule has 0 unspecified atom stereocenters. The number of hydrogen-bond donors (Lipinski definition) is 3. The largest absolute Gasteiger partial charge is 0.356 e. The monoisotopic (exact) mass is 481 g/mol. The van der Waals surface area contributed by atoms with Crippen molar-refractivity contribution in [2.45, 2.75) is 20.3 Å². The molecular formula is C20H28IN5O. The van der Waals surface area contributed by atoms with Crippen LogP contribution in [-0.4, -0.2) is 43.5 Å². The Balaban J connectivity index is 0.00000364. The normalized spacial score (nSPS) is 10.7. The number of benzene rings is 1. The topological polar surface area (TPSA) is 78.4 Å². The summed E-state index contributed by atoms with van der Waals surface area (Å²) in [6.45, 7) is 6.12. The van der Waals surface area contributed by atoms with Crippen LogP contribution in [0, 0.1) is 13.8 Å². The summed E-state index contributed by atoms with van der Waals surface area (Å²) in [4.78, 5) is 20.1. The summed E-state index contributed by atoms with van der Waals surface area (Å²) in [6, 6.07) is 10.1. The number of aliphatic imine (C=N–C) groups is 1. The van der Waals surface area contributed by atoms with Crippen molar-refractivity contribution in [3.8, 4) is 0 Å². The van der Waals surface area contributed by atoms with Crippen LogP contribution in [0.5, 0.6) is 0 Å². The van der Waals surface area contributed by atoms with Crippen LogP contribution in [0.25, 0.3) is 0 Å². The van der Waals surface area contributed by atoms with Crippen molar-refractivity contribution in [1.29, 1.82) is 0 Å². The number of rotatable bonds is 7. The molecular weight excluding hydrogens is 453 g/mol. The highest BCUT2D eigenvalue weighted by molar-refractivity contribution is 14.0. The highest BCUT2D eigenvalue weighted by Gasteiger charge is 2.04. The molecule has 1 aromatic heterocycles. The number of pyridine rings is 1. The van der Waals surface area contributed by atoms with E-state index in [0.29, 0.717) is 18.7 Å². The summed E-state index contributed by atoms with van der Waals surface area (Å²) < 4.78 is 0. The van der Waals surface area contributed by atoms with Crippen LogP contribution >= 0.6 is 24.0 Å². The Morgan fingerprint density at radius 3 is 2.33 bits per heavy atom. The van der Waals surface area contributed by atoms with Gasteiger partial charge in [-0.15, -0.1) is 24.0 Å². The average Bonchev–Trinajstić information content (AvgIpc) is 2.63. The third kappa shape index (κ3) is 8.38. The first kappa shape index (κ1) is 22.9. The lowest BCUT2D eigenvalue weighted by atomic mass is 10.1. The fourth-order valence-corrected chi connectivity index (χ4v) is 2.72. The molecule has 1 aromatic carbocycles. The van der Waals surface area contributed by atoms with Crippen molar-refractivity contribution in [2.75, 3.05) is 26.7 Å². The first-order valence-electron chi connectivity index (χ1n) is 8.78. The Hall–Kier alpha value is -2.16. The van der Waals surface area contributed by atoms with E-state index in [1.165, 1.54) is 16.7 Å². The van der Waals surface area contributed by atoms with E-state index in [1.54, 1.807) is 31.6 Å². The number of carbonyl (C=O) groups excluding carboxylic acids is 1. The van der Waals surface area contributed by atoms with Gasteiger partial charge < -0.3 is 16.0 Å². The summed E-state index contributed by atoms with van der Waals surface area (Å²) in [6.07, 6.45) is 4.13. The van der Waals surface area contributed by atoms with E-state index < -0.39 is 0 Å². The lowest BCUT2D eigenvalue weighted by Gasteiger charge is -2.13. The van der Waals surface area contributed by atoms with Gasteiger partial charge in [0.25, 0.3) is 5.91 Å². The number of nitrogens with zero attached hydrogens (tertiary/aromatic N) is 2. The molecule has 0 saturated heterocycles. The maximum absolute atomic E-state index is 11.9. The van der Waals surface area contributed by atoms with Gasteiger partial charge in [-0.2, -0.15) is 0 Å². The van der Waals surface area contributed by atoms with E-state index in [0.717, 1.165) is 18.9 Å². The average molecular weight is 481 g/mol. The van der Waals surface area contributed by atoms with E-state index in [4.69, 9.17) is 0 Å². The van der Waals surface area contributed by atoms with Gasteiger partial charge in [0.2, 0.25) is 0 Å². The zero-order chi connectivity index (χ0) is 18.8. The molecule has 1 heterocycles. The second-order valence-corrected chi connectivity index (χ2v) is 6.17. The molecule has 2 rings (SSSR count). The van der Waals surface area contributed by atoms with Crippen molar-refractivity contribution in [3.05, 3.63) is 65.0 Å². The number of hydrogen-bond acceptors (Lipinski definition) is 3. The minimum atomic E-state index is -0.127. The zero-order valence-corrected chi connectivity index (χ0v) is 18.4. The van der Waals surface area contributed by atoms with E-state index in [1.807, 2.05) is 0 Å². The highest BCUT2D eigenvalue weighted by Crippen LogP contribution is 2.08. The fourth-order valence-electron chi connectivity index (χ4n) is 2.72. The first-order chi connectivity index (χ1) is 12.6. The molecule has 0 bridgehead atoms. The number of amides is 1. The Morgan fingerprint density at radius 1 is 1.04 bits per heavy atom. The van der Waals surface area contributed by atoms with Crippen LogP contribution < -0.4 is 16.0 Å². The molecule has 0 aliphatic carbocycles. The van der Waals surface area contributed by atoms with Gasteiger partial charge in [0.05, 0.1) is 5.56 Å². The van der Waals surface area contributed by atoms with Crippen LogP contribution in [-0.2, 0) is 6.42 Å². The summed E-state index contributed by atoms with van der Waals surface area (Å²) >= 11 is 0. The van der Waals surface area contributed by atoms with E-state index >= 15 is 0 Å². The summed E-state index contributed by atoms with van der Waals surface area (Å²) in [7, 11) is 1.74. The minimum Gasteiger partial charge on any atom is -0.356 e. The van der Waals surface area contributed by atoms with Gasteiger partial charge in [0.1, 0.15) is 0 Å². The molecule has 0 aliphatic heterocycles. The van der Waals surface area contributed by atoms with Crippen molar-refractivity contribution in [1.82, 2.24) is 20.9 Å². The molecule has 0 radical (unpaired) electrons. The van der Waals surface area contributed by atoms with Crippen LogP contribution in [0.3, 0.4) is 0 Å². The molecule has 1 amide bonds. The van der Waals surface area contributed by atoms with Crippen LogP contribution in [0.4, 0.5) is 0 Å². The van der Waals surface area contributed by atoms with Crippen molar-refractivity contribution >= 4 is 35.8 Å². The quantitative estimate of drug-likeness (QED) is 0.246. The third-order valence-electron chi connectivity index (χ3n) is 3.84. The molecule has 3 N–H and O–H groups in total. The molecule has 2 aromatic rings. The predicted molar refractivity (Wildman–Crippen MR) is 121 cm³/mol. The molecule has 7 heteroatoms. The molecule has 0 aliphatic rings. The molecule has 0 fully saturated rings. The van der Waals surface area contributed by atoms with E-state index in [2.05, 4.69) is 58.0 Å². The van der Waals surface area contributed by atoms with Gasteiger partial charge >= 0.3 is 0 Å². The van der Waals surface area contributed by atoms with Crippen LogP contribution in [0.2, 0.25) is 0 Å². The molecule has 27 heavy (non-hydrogen) atoms. The van der Waals surface area contributed by atoms with Crippen molar-refractivity contribution in [2.24, 2.45) is 4.99 Å². The zero-order valence-electron chi connectivity index (χ0n) is 16.1. The van der Waals surface area contributed by atoms with Crippen LogP contribution in [0.1, 0.15) is 27.0 Å². The van der Waals surface area contributed by atoms with Crippen molar-refractivity contribution < 1.29 is 4.79 Å². The lowest BCUT2D eigenvalue weighted by molar-refractivity contribution is 0.0954. The smallest absolute Gasteiger partial charge is 0.252 e. The summed E-state index contributed by atoms with van der Waals surface area (Å²) in [5.74, 6) is 0.600. The molecule has 146 valence electrons. The van der Waals surface area contributed by atoms with Crippen LogP contribution in [0.15, 0.2) is 47.7 Å². The number of halogens is 1. The Kier molecular flexibility index (Phi) is 10.4. The Bertz CT molecular complexity index is 729. The second-order valence-electron chi connectivity index (χ2n) is 6.17. The lowest BCUT2D eigenvalue weighted by Crippen LogP contribution is -2.42. The first-order valence-corrected chi connectivity index (χ1v) is 8.78. The number of aromatic nitrogens is 1. The molecule has 0 atom stereocenters. The Morgan fingerprint density at radius 2 is 1.70 bits per heavy atom. The number of guanidine groups is 1. The number of nitrogens with one attached hydrogen (secondary N) is 3. The predicted octanol–water partition coefficient (Wildman–Crippen LogP) is 2.45. The number of aryl methyl sites for hydroxylation is 2. The van der Waals surface area contributed by atoms with E-state index in [9.17, 15) is 4.79 Å². The standard InChI is InChI=1S/C20H27N5O.HI/c1-15-11-16(2)13-17(12-15)6-8-24-20(21-3)25-10-9-23-19(26)18-5-4-7-22-14-18;/h4-5,7,11-14H,6,8-10H2,1-3H3,(H,23,26)(H2,21,24,25);1H.